The molecule has 0 aliphatic carbocycles. The predicted molar refractivity (Wildman–Crippen MR) is 106 cm³/mol. The van der Waals surface area contributed by atoms with E-state index in [0.717, 1.165) is 22.1 Å². The van der Waals surface area contributed by atoms with Crippen molar-refractivity contribution in [2.45, 2.75) is 43.3 Å². The van der Waals surface area contributed by atoms with Gasteiger partial charge in [0, 0.05) is 18.6 Å². The number of hydrogen-bond donors (Lipinski definition) is 2. The van der Waals surface area contributed by atoms with E-state index in [4.69, 9.17) is 0 Å². The Morgan fingerprint density at radius 3 is 2.60 bits per heavy atom. The molecule has 1 amide bonds. The van der Waals surface area contributed by atoms with Crippen LogP contribution in [0.5, 0.6) is 0 Å². The highest BCUT2D eigenvalue weighted by molar-refractivity contribution is 6.05. The van der Waals surface area contributed by atoms with Crippen LogP contribution in [0, 0.1) is 5.82 Å². The van der Waals surface area contributed by atoms with E-state index in [0.29, 0.717) is 18.4 Å². The fraction of sp³-hybridized carbons (Fsp3) is 0.400. The van der Waals surface area contributed by atoms with Gasteiger partial charge in [-0.2, -0.15) is 13.2 Å². The van der Waals surface area contributed by atoms with Gasteiger partial charge in [0.15, 0.2) is 11.5 Å². The number of alkyl halides is 6. The van der Waals surface area contributed by atoms with Crippen molar-refractivity contribution < 1.29 is 40.6 Å². The number of halogens is 7. The first-order valence-corrected chi connectivity index (χ1v) is 10.2. The van der Waals surface area contributed by atoms with Crippen molar-refractivity contribution in [3.8, 4) is 0 Å². The van der Waals surface area contributed by atoms with E-state index in [1.807, 2.05) is 0 Å². The zero-order valence-electron chi connectivity index (χ0n) is 17.6. The van der Waals surface area contributed by atoms with E-state index in [9.17, 15) is 40.6 Å². The molecule has 0 aromatic carbocycles. The van der Waals surface area contributed by atoms with Gasteiger partial charge in [-0.15, -0.1) is 5.10 Å². The number of aromatic nitrogens is 4. The van der Waals surface area contributed by atoms with Gasteiger partial charge in [0.2, 0.25) is 0 Å². The Labute approximate surface area is 192 Å². The van der Waals surface area contributed by atoms with Crippen LogP contribution in [0.2, 0.25) is 0 Å². The van der Waals surface area contributed by atoms with Gasteiger partial charge >= 0.3 is 12.0 Å². The Kier molecular flexibility index (Phi) is 6.29. The number of aliphatic hydroxyl groups excluding tert-OH is 1. The smallest absolute Gasteiger partial charge is 0.394 e. The third-order valence-corrected chi connectivity index (χ3v) is 5.68. The summed E-state index contributed by atoms with van der Waals surface area (Å²) >= 11 is 0. The molecule has 15 heteroatoms. The molecule has 2 N–H and O–H groups in total. The van der Waals surface area contributed by atoms with Crippen LogP contribution in [-0.4, -0.2) is 61.6 Å². The molecule has 3 atom stereocenters. The summed E-state index contributed by atoms with van der Waals surface area (Å²) in [4.78, 5) is 21.9. The minimum atomic E-state index is -6.13. The molecule has 188 valence electrons. The van der Waals surface area contributed by atoms with Crippen LogP contribution < -0.4 is 10.2 Å². The van der Waals surface area contributed by atoms with Crippen molar-refractivity contribution in [1.29, 1.82) is 0 Å². The molecule has 1 aliphatic heterocycles. The molecule has 4 heterocycles. The van der Waals surface area contributed by atoms with Gasteiger partial charge in [-0.3, -0.25) is 9.78 Å². The van der Waals surface area contributed by atoms with Crippen molar-refractivity contribution in [3.63, 3.8) is 0 Å². The standard InChI is InChI=1S/C20H17F7N6O2/c21-11-6-10(7-28-8-11)13-3-2-12(9-34)33(13)16-14(15-29-4-1-5-32(15)31-16)17(35)30-19(24,18(22)23)20(25,26)27/h1,4-8,12-13,18,34H,2-3,9H2,(H,30,35)/t12-,13+,19+/m0/s1. The second-order valence-corrected chi connectivity index (χ2v) is 7.82. The first kappa shape index (κ1) is 24.6. The average molecular weight is 506 g/mol. The fourth-order valence-electron chi connectivity index (χ4n) is 4.06. The van der Waals surface area contributed by atoms with Gasteiger partial charge in [0.1, 0.15) is 11.4 Å². The number of nitrogens with one attached hydrogen (secondary N) is 1. The highest BCUT2D eigenvalue weighted by Gasteiger charge is 2.64. The van der Waals surface area contributed by atoms with E-state index in [1.165, 1.54) is 29.6 Å². The largest absolute Gasteiger partial charge is 0.447 e. The molecule has 4 rings (SSSR count). The SMILES string of the molecule is O=C(N[C@](F)(C(F)F)C(F)(F)F)c1c(N2[C@H](CO)CC[C@@H]2c2cncc(F)c2)nn2cccnc12. The zero-order chi connectivity index (χ0) is 25.5. The number of amides is 1. The lowest BCUT2D eigenvalue weighted by Gasteiger charge is -2.31. The number of carbonyl (C=O) groups is 1. The molecule has 1 saturated heterocycles. The van der Waals surface area contributed by atoms with Crippen molar-refractivity contribution in [2.75, 3.05) is 11.5 Å². The lowest BCUT2D eigenvalue weighted by molar-refractivity contribution is -0.275. The Hall–Kier alpha value is -3.49. The van der Waals surface area contributed by atoms with E-state index in [2.05, 4.69) is 15.1 Å². The van der Waals surface area contributed by atoms with Crippen LogP contribution in [0.25, 0.3) is 5.65 Å². The number of aliphatic hydroxyl groups is 1. The molecule has 3 aromatic rings. The highest BCUT2D eigenvalue weighted by atomic mass is 19.4. The van der Waals surface area contributed by atoms with Gasteiger partial charge in [-0.05, 0) is 30.5 Å². The first-order chi connectivity index (χ1) is 16.5. The molecule has 3 aromatic heterocycles. The summed E-state index contributed by atoms with van der Waals surface area (Å²) in [7, 11) is 0. The highest BCUT2D eigenvalue weighted by Crippen LogP contribution is 2.42. The first-order valence-electron chi connectivity index (χ1n) is 10.2. The van der Waals surface area contributed by atoms with E-state index in [1.54, 1.807) is 0 Å². The quantitative estimate of drug-likeness (QED) is 0.394. The second-order valence-electron chi connectivity index (χ2n) is 7.82. The van der Waals surface area contributed by atoms with Crippen molar-refractivity contribution >= 4 is 17.4 Å². The van der Waals surface area contributed by atoms with Gasteiger partial charge in [-0.25, -0.2) is 27.1 Å². The molecule has 1 fully saturated rings. The van der Waals surface area contributed by atoms with Crippen LogP contribution >= 0.6 is 0 Å². The maximum atomic E-state index is 14.3. The summed E-state index contributed by atoms with van der Waals surface area (Å²) in [6.07, 6.45) is -5.46. The van der Waals surface area contributed by atoms with Gasteiger partial charge < -0.3 is 15.3 Å². The van der Waals surface area contributed by atoms with E-state index >= 15 is 0 Å². The molecule has 0 radical (unpaired) electrons. The van der Waals surface area contributed by atoms with Crippen LogP contribution in [0.4, 0.5) is 36.6 Å². The monoisotopic (exact) mass is 506 g/mol. The lowest BCUT2D eigenvalue weighted by atomic mass is 10.1. The number of fused-ring (bicyclic) bond motifs is 1. The maximum Gasteiger partial charge on any atom is 0.447 e. The summed E-state index contributed by atoms with van der Waals surface area (Å²) in [6.45, 7) is -0.492. The van der Waals surface area contributed by atoms with Crippen LogP contribution in [0.3, 0.4) is 0 Å². The van der Waals surface area contributed by atoms with Crippen molar-refractivity contribution in [3.05, 3.63) is 53.9 Å². The van der Waals surface area contributed by atoms with Crippen LogP contribution in [0.1, 0.15) is 34.8 Å². The number of rotatable bonds is 6. The molecule has 0 unspecified atom stereocenters. The van der Waals surface area contributed by atoms with Gasteiger partial charge in [-0.1, -0.05) is 0 Å². The Morgan fingerprint density at radius 1 is 1.23 bits per heavy atom. The third kappa shape index (κ3) is 4.24. The number of anilines is 1. The number of carbonyl (C=O) groups excluding carboxylic acids is 1. The molecular weight excluding hydrogens is 489 g/mol. The normalized spacial score (nSPS) is 20.4. The minimum absolute atomic E-state index is 0.297. The fourth-order valence-corrected chi connectivity index (χ4v) is 4.06. The number of hydrogen-bond acceptors (Lipinski definition) is 6. The van der Waals surface area contributed by atoms with Crippen LogP contribution in [0.15, 0.2) is 36.9 Å². The Morgan fingerprint density at radius 2 is 1.97 bits per heavy atom. The summed E-state index contributed by atoms with van der Waals surface area (Å²) in [5.41, 5.74) is -0.772. The third-order valence-electron chi connectivity index (χ3n) is 5.68. The maximum absolute atomic E-state index is 14.3. The second kappa shape index (κ2) is 8.94. The minimum Gasteiger partial charge on any atom is -0.394 e. The van der Waals surface area contributed by atoms with Crippen molar-refractivity contribution in [2.24, 2.45) is 0 Å². The molecule has 0 saturated carbocycles. The molecular formula is C20H17F7N6O2. The van der Waals surface area contributed by atoms with Crippen LogP contribution in [-0.2, 0) is 0 Å². The molecule has 35 heavy (non-hydrogen) atoms. The van der Waals surface area contributed by atoms with Crippen molar-refractivity contribution in [1.82, 2.24) is 24.9 Å². The zero-order valence-corrected chi connectivity index (χ0v) is 17.6. The predicted octanol–water partition coefficient (Wildman–Crippen LogP) is 3.19. The Balaban J connectivity index is 1.86. The number of nitrogens with zero attached hydrogens (tertiary/aromatic N) is 5. The summed E-state index contributed by atoms with van der Waals surface area (Å²) in [5.74, 6) is -8.24. The van der Waals surface area contributed by atoms with Gasteiger partial charge in [0.05, 0.1) is 24.9 Å². The molecule has 8 nitrogen and oxygen atoms in total. The number of pyridine rings is 1. The molecule has 0 bridgehead atoms. The lowest BCUT2D eigenvalue weighted by Crippen LogP contribution is -2.60. The summed E-state index contributed by atoms with van der Waals surface area (Å²) < 4.78 is 94.7. The molecule has 1 aliphatic rings. The Bertz CT molecular complexity index is 1240. The summed E-state index contributed by atoms with van der Waals surface area (Å²) in [6, 6.07) is 1.03. The van der Waals surface area contributed by atoms with E-state index < -0.39 is 54.4 Å². The van der Waals surface area contributed by atoms with Gasteiger partial charge in [0.25, 0.3) is 12.3 Å². The average Bonchev–Trinajstić information content (AvgIpc) is 3.39. The van der Waals surface area contributed by atoms with E-state index in [-0.39, 0.29) is 11.5 Å². The topological polar surface area (TPSA) is 95.7 Å². The molecule has 0 spiro atoms. The summed E-state index contributed by atoms with van der Waals surface area (Å²) in [5, 5.41) is 14.8.